The molecule has 0 aliphatic carbocycles. The van der Waals surface area contributed by atoms with Crippen LogP contribution in [0.5, 0.6) is 11.5 Å². The van der Waals surface area contributed by atoms with E-state index in [0.29, 0.717) is 43.8 Å². The number of ketones is 1. The number of hydrogen-bond acceptors (Lipinski definition) is 8. The molecule has 44 heavy (non-hydrogen) atoms. The van der Waals surface area contributed by atoms with Gasteiger partial charge >= 0.3 is 25.4 Å². The zero-order valence-corrected chi connectivity index (χ0v) is 27.4. The Labute approximate surface area is 269 Å². The Bertz CT molecular complexity index is 1660. The molecule has 1 atom stereocenters. The monoisotopic (exact) mass is 682 g/mol. The molecule has 12 heteroatoms. The van der Waals surface area contributed by atoms with Crippen molar-refractivity contribution in [2.24, 2.45) is 0 Å². The number of aliphatic carboxylic acids is 1. The molecule has 0 saturated carbocycles. The third kappa shape index (κ3) is 12.8. The summed E-state index contributed by atoms with van der Waals surface area (Å²) in [5, 5.41) is 18.9. The molecule has 0 aliphatic heterocycles. The maximum atomic E-state index is 12.4. The molecular formula is C32H32Cl2CrO9. The van der Waals surface area contributed by atoms with Crippen LogP contribution in [-0.4, -0.2) is 36.2 Å². The second-order valence-corrected chi connectivity index (χ2v) is 10.4. The summed E-state index contributed by atoms with van der Waals surface area (Å²) in [6.07, 6.45) is -0.784. The molecule has 4 aromatic rings. The van der Waals surface area contributed by atoms with E-state index in [1.165, 1.54) is 0 Å². The van der Waals surface area contributed by atoms with E-state index in [1.807, 2.05) is 62.4 Å². The summed E-state index contributed by atoms with van der Waals surface area (Å²) >= 11 is 8.42. The summed E-state index contributed by atoms with van der Waals surface area (Å²) in [5.41, 5.74) is 4.49. The van der Waals surface area contributed by atoms with Gasteiger partial charge in [-0.1, -0.05) is 82.9 Å². The molecule has 9 nitrogen and oxygen atoms in total. The van der Waals surface area contributed by atoms with Crippen LogP contribution in [0.1, 0.15) is 51.2 Å². The number of methoxy groups -OCH3 is 2. The zero-order valence-electron chi connectivity index (χ0n) is 24.6. The fraction of sp³-hybridized carbons (Fsp3) is 0.188. The van der Waals surface area contributed by atoms with Crippen LogP contribution in [0.15, 0.2) is 84.9 Å². The number of aliphatic hydroxyl groups is 1. The van der Waals surface area contributed by atoms with Gasteiger partial charge in [-0.25, -0.2) is 0 Å². The Morgan fingerprint density at radius 2 is 1.16 bits per heavy atom. The van der Waals surface area contributed by atoms with Crippen LogP contribution in [0.2, 0.25) is 10.0 Å². The molecule has 0 spiro atoms. The average Bonchev–Trinajstić information content (AvgIpc) is 2.98. The van der Waals surface area contributed by atoms with Crippen LogP contribution in [0, 0.1) is 13.8 Å². The fourth-order valence-electron chi connectivity index (χ4n) is 3.72. The van der Waals surface area contributed by atoms with Crippen molar-refractivity contribution in [1.29, 1.82) is 0 Å². The Morgan fingerprint density at radius 1 is 0.705 bits per heavy atom. The first kappa shape index (κ1) is 38.1. The van der Waals surface area contributed by atoms with Gasteiger partial charge in [-0.05, 0) is 50.2 Å². The van der Waals surface area contributed by atoms with Gasteiger partial charge in [0.25, 0.3) is 5.97 Å². The summed E-state index contributed by atoms with van der Waals surface area (Å²) in [6.45, 7) is 4.98. The molecule has 1 unspecified atom stereocenters. The number of ether oxygens (including phenoxy) is 2. The van der Waals surface area contributed by atoms with Crippen molar-refractivity contribution in [1.82, 2.24) is 0 Å². The van der Waals surface area contributed by atoms with Gasteiger partial charge in [-0.3, -0.25) is 9.59 Å². The van der Waals surface area contributed by atoms with Crippen molar-refractivity contribution < 1.29 is 54.6 Å². The van der Waals surface area contributed by atoms with Crippen LogP contribution in [0.4, 0.5) is 0 Å². The second-order valence-electron chi connectivity index (χ2n) is 8.91. The molecule has 0 amide bonds. The molecule has 2 N–H and O–H groups in total. The third-order valence-corrected chi connectivity index (χ3v) is 6.27. The predicted octanol–water partition coefficient (Wildman–Crippen LogP) is 7.36. The molecule has 0 saturated heterocycles. The third-order valence-electron chi connectivity index (χ3n) is 5.60. The molecule has 0 fully saturated rings. The van der Waals surface area contributed by atoms with Crippen molar-refractivity contribution in [2.75, 3.05) is 14.2 Å². The van der Waals surface area contributed by atoms with E-state index in [-0.39, 0.29) is 5.78 Å². The first-order valence-corrected chi connectivity index (χ1v) is 15.0. The molecule has 0 aliphatic rings. The molecule has 0 heterocycles. The molecule has 234 valence electrons. The van der Waals surface area contributed by atoms with Crippen LogP contribution >= 0.6 is 23.2 Å². The van der Waals surface area contributed by atoms with E-state index >= 15 is 0 Å². The van der Waals surface area contributed by atoms with Crippen LogP contribution in [-0.2, 0) is 30.2 Å². The maximum absolute atomic E-state index is 12.4. The number of carboxylic acids is 1. The van der Waals surface area contributed by atoms with E-state index in [0.717, 1.165) is 18.1 Å². The zero-order chi connectivity index (χ0) is 33.4. The van der Waals surface area contributed by atoms with E-state index in [4.69, 9.17) is 54.0 Å². The minimum absolute atomic E-state index is 0.124. The molecule has 4 rings (SSSR count). The van der Waals surface area contributed by atoms with Gasteiger partial charge in [0.05, 0.1) is 24.8 Å². The first-order chi connectivity index (χ1) is 20.7. The molecule has 4 aromatic carbocycles. The van der Waals surface area contributed by atoms with Crippen molar-refractivity contribution in [3.8, 4) is 11.5 Å². The normalized spacial score (nSPS) is 10.3. The number of aryl methyl sites for hydroxylation is 2. The standard InChI is InChI=1S/C15H15ClO2.C15H13ClO2.C2H4O2.Cr.3O/c2*1-10-7-8-13(16)12(9-10)15(17)11-5-3-4-6-14(11)18-2;1-2(3)4;;;;/h3-9,15,17H,1-2H3;3-9H,1-2H3;1H3,(H,3,4);;;;. The second kappa shape index (κ2) is 19.4. The quantitative estimate of drug-likeness (QED) is 0.199. The molecule has 0 bridgehead atoms. The van der Waals surface area contributed by atoms with Crippen LogP contribution in [0.25, 0.3) is 0 Å². The Balaban J connectivity index is 0.000000355. The molecule has 0 radical (unpaired) electrons. The predicted molar refractivity (Wildman–Crippen MR) is 161 cm³/mol. The number of halogens is 2. The van der Waals surface area contributed by atoms with E-state index < -0.39 is 26.0 Å². The summed E-state index contributed by atoms with van der Waals surface area (Å²) in [7, 11) is 3.13. The summed E-state index contributed by atoms with van der Waals surface area (Å²) < 4.78 is 36.1. The number of hydrogen-bond donors (Lipinski definition) is 2. The van der Waals surface area contributed by atoms with Gasteiger partial charge in [0, 0.05) is 28.6 Å². The van der Waals surface area contributed by atoms with Gasteiger partial charge in [0.1, 0.15) is 17.6 Å². The van der Waals surface area contributed by atoms with Crippen molar-refractivity contribution >= 4 is 35.0 Å². The SMILES string of the molecule is CC(=O)O.COc1ccccc1C(=O)c1cc(C)ccc1Cl.COc1ccccc1C(O)c1cc(C)ccc1Cl.[O]=[Cr](=[O])=[O]. The number of para-hydroxylation sites is 2. The fourth-order valence-corrected chi connectivity index (χ4v) is 4.15. The van der Waals surface area contributed by atoms with Gasteiger partial charge in [-0.2, -0.15) is 0 Å². The van der Waals surface area contributed by atoms with Gasteiger partial charge in [0.15, 0.2) is 5.78 Å². The number of carboxylic acid groups (broad SMARTS) is 1. The van der Waals surface area contributed by atoms with Crippen molar-refractivity contribution in [3.05, 3.63) is 128 Å². The Hall–Kier alpha value is -3.91. The minimum atomic E-state index is -3.79. The van der Waals surface area contributed by atoms with E-state index in [9.17, 15) is 9.90 Å². The van der Waals surface area contributed by atoms with Crippen molar-refractivity contribution in [3.63, 3.8) is 0 Å². The Kier molecular flexibility index (Phi) is 16.8. The van der Waals surface area contributed by atoms with E-state index in [1.54, 1.807) is 50.6 Å². The summed E-state index contributed by atoms with van der Waals surface area (Å²) in [4.78, 5) is 21.4. The van der Waals surface area contributed by atoms with Crippen LogP contribution in [0.3, 0.4) is 0 Å². The van der Waals surface area contributed by atoms with Crippen molar-refractivity contribution in [2.45, 2.75) is 26.9 Å². The molecular weight excluding hydrogens is 651 g/mol. The number of aliphatic hydroxyl groups excluding tert-OH is 1. The van der Waals surface area contributed by atoms with Gasteiger partial charge in [0.2, 0.25) is 0 Å². The van der Waals surface area contributed by atoms with E-state index in [2.05, 4.69) is 0 Å². The average molecular weight is 684 g/mol. The number of benzene rings is 4. The number of carbonyl (C=O) groups is 2. The van der Waals surface area contributed by atoms with Gasteiger partial charge in [-0.15, -0.1) is 0 Å². The topological polar surface area (TPSA) is 144 Å². The van der Waals surface area contributed by atoms with Gasteiger partial charge < -0.3 is 19.7 Å². The Morgan fingerprint density at radius 3 is 1.70 bits per heavy atom. The number of rotatable bonds is 6. The first-order valence-electron chi connectivity index (χ1n) is 12.7. The molecule has 0 aromatic heterocycles. The van der Waals surface area contributed by atoms with Crippen LogP contribution < -0.4 is 9.47 Å². The summed E-state index contributed by atoms with van der Waals surface area (Å²) in [6, 6.07) is 25.5. The number of carbonyl (C=O) groups excluding carboxylic acids is 1. The summed E-state index contributed by atoms with van der Waals surface area (Å²) in [5.74, 6) is 0.254.